The second kappa shape index (κ2) is 5.31. The molecule has 0 saturated carbocycles. The van der Waals surface area contributed by atoms with Crippen molar-refractivity contribution in [2.75, 3.05) is 26.3 Å². The highest BCUT2D eigenvalue weighted by atomic mass is 19.1. The molecule has 0 unspecified atom stereocenters. The molecule has 0 radical (unpaired) electrons. The smallest absolute Gasteiger partial charge is 0.311 e. The van der Waals surface area contributed by atoms with E-state index in [1.807, 2.05) is 0 Å². The third kappa shape index (κ3) is 2.19. The fourth-order valence-corrected chi connectivity index (χ4v) is 3.84. The molecule has 1 aromatic heterocycles. The van der Waals surface area contributed by atoms with Gasteiger partial charge in [0.2, 0.25) is 0 Å². The summed E-state index contributed by atoms with van der Waals surface area (Å²) >= 11 is 0. The fraction of sp³-hybridized carbons (Fsp3) is 0.412. The first-order chi connectivity index (χ1) is 11.5. The average molecular weight is 332 g/mol. The molecule has 7 heteroatoms. The molecule has 2 aliphatic heterocycles. The molecule has 2 aromatic rings. The Labute approximate surface area is 137 Å². The highest BCUT2D eigenvalue weighted by Gasteiger charge is 2.55. The van der Waals surface area contributed by atoms with Gasteiger partial charge in [0.15, 0.2) is 0 Å². The van der Waals surface area contributed by atoms with Crippen molar-refractivity contribution in [2.24, 2.45) is 11.3 Å². The number of nitrogens with one attached hydrogen (secondary N) is 1. The van der Waals surface area contributed by atoms with E-state index in [1.165, 1.54) is 12.1 Å². The summed E-state index contributed by atoms with van der Waals surface area (Å²) in [7, 11) is 0. The average Bonchev–Trinajstić information content (AvgIpc) is 3.15. The van der Waals surface area contributed by atoms with E-state index in [0.29, 0.717) is 42.8 Å². The first-order valence-electron chi connectivity index (χ1n) is 7.88. The minimum absolute atomic E-state index is 0.179. The van der Waals surface area contributed by atoms with Gasteiger partial charge in [-0.25, -0.2) is 4.39 Å². The fourth-order valence-electron chi connectivity index (χ4n) is 3.84. The van der Waals surface area contributed by atoms with Crippen molar-refractivity contribution in [3.8, 4) is 0 Å². The number of hydrogen-bond donors (Lipinski definition) is 2. The predicted molar refractivity (Wildman–Crippen MR) is 83.2 cm³/mol. The van der Waals surface area contributed by atoms with Crippen LogP contribution in [0.4, 0.5) is 4.39 Å². The van der Waals surface area contributed by atoms with Crippen LogP contribution in [0.15, 0.2) is 24.3 Å². The largest absolute Gasteiger partial charge is 0.481 e. The molecule has 126 valence electrons. The van der Waals surface area contributed by atoms with Gasteiger partial charge in [0, 0.05) is 36.5 Å². The summed E-state index contributed by atoms with van der Waals surface area (Å²) in [5.41, 5.74) is 0.0924. The van der Waals surface area contributed by atoms with Gasteiger partial charge in [-0.1, -0.05) is 0 Å². The predicted octanol–water partition coefficient (Wildman–Crippen LogP) is 1.87. The number of hydrogen-bond acceptors (Lipinski definition) is 3. The van der Waals surface area contributed by atoms with Crippen molar-refractivity contribution in [2.45, 2.75) is 6.42 Å². The van der Waals surface area contributed by atoms with Crippen LogP contribution in [0.1, 0.15) is 16.9 Å². The lowest BCUT2D eigenvalue weighted by atomic mass is 9.74. The van der Waals surface area contributed by atoms with Crippen LogP contribution in [0.25, 0.3) is 10.9 Å². The monoisotopic (exact) mass is 332 g/mol. The van der Waals surface area contributed by atoms with Crippen LogP contribution in [0, 0.1) is 17.2 Å². The van der Waals surface area contributed by atoms with Gasteiger partial charge < -0.3 is 19.7 Å². The van der Waals surface area contributed by atoms with Gasteiger partial charge in [-0.15, -0.1) is 0 Å². The second-order valence-corrected chi connectivity index (χ2v) is 6.58. The number of aromatic amines is 1. The van der Waals surface area contributed by atoms with Gasteiger partial charge in [0.05, 0.1) is 12.0 Å². The zero-order chi connectivity index (χ0) is 16.9. The lowest BCUT2D eigenvalue weighted by Crippen LogP contribution is -2.45. The van der Waals surface area contributed by atoms with Crippen molar-refractivity contribution >= 4 is 22.8 Å². The third-order valence-electron chi connectivity index (χ3n) is 5.23. The Balaban J connectivity index is 1.63. The number of aromatic nitrogens is 1. The first-order valence-corrected chi connectivity index (χ1v) is 7.88. The minimum Gasteiger partial charge on any atom is -0.481 e. The van der Waals surface area contributed by atoms with E-state index >= 15 is 0 Å². The number of ether oxygens (including phenoxy) is 1. The van der Waals surface area contributed by atoms with Crippen LogP contribution in [-0.2, 0) is 9.53 Å². The SMILES string of the molecule is O=C(c1cc2cc(F)ccc2[nH]1)N1C[C@H]2COCC[C@@]2(C(=O)O)C1. The number of nitrogens with zero attached hydrogens (tertiary/aromatic N) is 1. The van der Waals surface area contributed by atoms with Crippen LogP contribution in [0.5, 0.6) is 0 Å². The van der Waals surface area contributed by atoms with E-state index in [-0.39, 0.29) is 24.2 Å². The number of carboxylic acid groups (broad SMARTS) is 1. The molecule has 2 fully saturated rings. The Morgan fingerprint density at radius 1 is 1.38 bits per heavy atom. The van der Waals surface area contributed by atoms with Crippen molar-refractivity contribution in [1.29, 1.82) is 0 Å². The van der Waals surface area contributed by atoms with Crippen molar-refractivity contribution in [3.05, 3.63) is 35.8 Å². The highest BCUT2D eigenvalue weighted by molar-refractivity contribution is 5.98. The van der Waals surface area contributed by atoms with Crippen molar-refractivity contribution < 1.29 is 23.8 Å². The summed E-state index contributed by atoms with van der Waals surface area (Å²) in [5.74, 6) is -1.70. The first kappa shape index (κ1) is 15.1. The van der Waals surface area contributed by atoms with E-state index in [0.717, 1.165) is 0 Å². The molecule has 2 aliphatic rings. The van der Waals surface area contributed by atoms with Crippen LogP contribution in [0.2, 0.25) is 0 Å². The highest BCUT2D eigenvalue weighted by Crippen LogP contribution is 2.42. The number of likely N-dealkylation sites (tertiary alicyclic amines) is 1. The zero-order valence-corrected chi connectivity index (χ0v) is 12.9. The van der Waals surface area contributed by atoms with Gasteiger partial charge in [-0.3, -0.25) is 9.59 Å². The standard InChI is InChI=1S/C17H17FN2O4/c18-12-1-2-13-10(5-12)6-14(19-13)15(21)20-7-11-8-24-4-3-17(11,9-20)16(22)23/h1-2,5-6,11,19H,3-4,7-9H2,(H,22,23)/t11-,17+/m0/s1. The molecule has 24 heavy (non-hydrogen) atoms. The number of carbonyl (C=O) groups excluding carboxylic acids is 1. The molecular weight excluding hydrogens is 315 g/mol. The van der Waals surface area contributed by atoms with Gasteiger partial charge in [0.25, 0.3) is 5.91 Å². The number of H-pyrrole nitrogens is 1. The molecule has 2 atom stereocenters. The number of carboxylic acids is 1. The number of benzene rings is 1. The lowest BCUT2D eigenvalue weighted by Gasteiger charge is -2.33. The minimum atomic E-state index is -0.925. The van der Waals surface area contributed by atoms with Crippen LogP contribution in [-0.4, -0.2) is 53.2 Å². The quantitative estimate of drug-likeness (QED) is 0.879. The van der Waals surface area contributed by atoms with Crippen LogP contribution < -0.4 is 0 Å². The van der Waals surface area contributed by atoms with Crippen molar-refractivity contribution in [3.63, 3.8) is 0 Å². The Kier molecular flexibility index (Phi) is 3.35. The van der Waals surface area contributed by atoms with Crippen molar-refractivity contribution in [1.82, 2.24) is 9.88 Å². The topological polar surface area (TPSA) is 82.6 Å². The summed E-state index contributed by atoms with van der Waals surface area (Å²) in [6.07, 6.45) is 0.411. The molecular formula is C17H17FN2O4. The molecule has 6 nitrogen and oxygen atoms in total. The Bertz CT molecular complexity index is 833. The molecule has 1 amide bonds. The third-order valence-corrected chi connectivity index (χ3v) is 5.23. The molecule has 4 rings (SSSR count). The number of rotatable bonds is 2. The van der Waals surface area contributed by atoms with E-state index in [9.17, 15) is 19.1 Å². The molecule has 2 N–H and O–H groups in total. The number of aliphatic carboxylic acids is 1. The number of carbonyl (C=O) groups is 2. The normalized spacial score (nSPS) is 26.5. The lowest BCUT2D eigenvalue weighted by molar-refractivity contribution is -0.157. The summed E-state index contributed by atoms with van der Waals surface area (Å²) in [6, 6.07) is 5.87. The second-order valence-electron chi connectivity index (χ2n) is 6.58. The number of amides is 1. The van der Waals surface area contributed by atoms with Gasteiger partial charge in [-0.2, -0.15) is 0 Å². The van der Waals surface area contributed by atoms with E-state index < -0.39 is 11.4 Å². The summed E-state index contributed by atoms with van der Waals surface area (Å²) in [6.45, 7) is 1.29. The maximum Gasteiger partial charge on any atom is 0.311 e. The summed E-state index contributed by atoms with van der Waals surface area (Å²) in [4.78, 5) is 29.1. The molecule has 3 heterocycles. The summed E-state index contributed by atoms with van der Waals surface area (Å²) in [5, 5.41) is 10.3. The van der Waals surface area contributed by atoms with E-state index in [4.69, 9.17) is 4.74 Å². The van der Waals surface area contributed by atoms with Gasteiger partial charge in [-0.05, 0) is 30.7 Å². The van der Waals surface area contributed by atoms with E-state index in [1.54, 1.807) is 17.0 Å². The zero-order valence-electron chi connectivity index (χ0n) is 12.9. The van der Waals surface area contributed by atoms with Gasteiger partial charge >= 0.3 is 5.97 Å². The Morgan fingerprint density at radius 3 is 2.96 bits per heavy atom. The summed E-state index contributed by atoms with van der Waals surface area (Å²) < 4.78 is 18.7. The number of fused-ring (bicyclic) bond motifs is 2. The molecule has 0 bridgehead atoms. The molecule has 0 aliphatic carbocycles. The van der Waals surface area contributed by atoms with E-state index in [2.05, 4.69) is 4.98 Å². The maximum absolute atomic E-state index is 13.3. The number of halogens is 1. The Hall–Kier alpha value is -2.41. The molecule has 2 saturated heterocycles. The Morgan fingerprint density at radius 2 is 2.21 bits per heavy atom. The van der Waals surface area contributed by atoms with Gasteiger partial charge in [0.1, 0.15) is 11.5 Å². The van der Waals surface area contributed by atoms with Crippen LogP contribution >= 0.6 is 0 Å². The van der Waals surface area contributed by atoms with Crippen LogP contribution in [0.3, 0.4) is 0 Å². The molecule has 0 spiro atoms. The molecule has 1 aromatic carbocycles. The maximum atomic E-state index is 13.3.